The van der Waals surface area contributed by atoms with Gasteiger partial charge in [0.15, 0.2) is 0 Å². The third-order valence-corrected chi connectivity index (χ3v) is 10.5. The fraction of sp³-hybridized carbons (Fsp3) is 0.361. The largest absolute Gasteiger partial charge is 0.478 e. The first-order valence-electron chi connectivity index (χ1n) is 16.2. The van der Waals surface area contributed by atoms with Crippen LogP contribution in [0.25, 0.3) is 11.0 Å². The van der Waals surface area contributed by atoms with Gasteiger partial charge in [-0.3, -0.25) is 4.90 Å². The molecule has 0 bridgehead atoms. The highest BCUT2D eigenvalue weighted by molar-refractivity contribution is 5.92. The molecule has 1 saturated carbocycles. The van der Waals surface area contributed by atoms with E-state index in [0.29, 0.717) is 43.1 Å². The van der Waals surface area contributed by atoms with Crippen LogP contribution in [0.2, 0.25) is 0 Å². The molecular formula is C36H35FN8O2. The Bertz CT molecular complexity index is 2080. The van der Waals surface area contributed by atoms with Gasteiger partial charge in [-0.05, 0) is 86.7 Å². The summed E-state index contributed by atoms with van der Waals surface area (Å²) in [4.78, 5) is 31.1. The molecule has 8 rings (SSSR count). The number of rotatable bonds is 8. The van der Waals surface area contributed by atoms with E-state index in [0.717, 1.165) is 78.8 Å². The van der Waals surface area contributed by atoms with Crippen molar-refractivity contribution in [2.75, 3.05) is 24.5 Å². The van der Waals surface area contributed by atoms with Crippen LogP contribution in [0.3, 0.4) is 0 Å². The van der Waals surface area contributed by atoms with E-state index in [1.807, 2.05) is 18.3 Å². The van der Waals surface area contributed by atoms with Gasteiger partial charge in [0.05, 0.1) is 41.3 Å². The SMILES string of the molecule is CCn1ccnc1Cn1c(CN2CC[C@@]3(c4cccc(N5CCc6cc(C#N)cc(F)c6C5)n4)CC3C2)nc2ccc(C(=O)O)cc21. The van der Waals surface area contributed by atoms with Gasteiger partial charge in [-0.25, -0.2) is 24.1 Å². The zero-order valence-electron chi connectivity index (χ0n) is 26.2. The number of nitriles is 1. The summed E-state index contributed by atoms with van der Waals surface area (Å²) in [5.41, 5.74) is 4.93. The Balaban J connectivity index is 1.01. The maximum absolute atomic E-state index is 14.9. The predicted molar refractivity (Wildman–Crippen MR) is 173 cm³/mol. The van der Waals surface area contributed by atoms with Gasteiger partial charge in [0.2, 0.25) is 0 Å². The number of carbonyl (C=O) groups is 1. The van der Waals surface area contributed by atoms with E-state index in [2.05, 4.69) is 49.0 Å². The lowest BCUT2D eigenvalue weighted by Gasteiger charge is -2.33. The summed E-state index contributed by atoms with van der Waals surface area (Å²) in [5.74, 6) is 1.89. The number of imidazole rings is 2. The quantitative estimate of drug-likeness (QED) is 0.251. The van der Waals surface area contributed by atoms with E-state index < -0.39 is 5.97 Å². The molecule has 11 heteroatoms. The van der Waals surface area contributed by atoms with Crippen molar-refractivity contribution in [3.05, 3.63) is 106 Å². The summed E-state index contributed by atoms with van der Waals surface area (Å²) < 4.78 is 19.1. The van der Waals surface area contributed by atoms with E-state index in [9.17, 15) is 19.6 Å². The third-order valence-electron chi connectivity index (χ3n) is 10.5. The molecular weight excluding hydrogens is 595 g/mol. The summed E-state index contributed by atoms with van der Waals surface area (Å²) in [6.45, 7) is 7.07. The number of anilines is 1. The van der Waals surface area contributed by atoms with Crippen molar-refractivity contribution in [1.29, 1.82) is 5.26 Å². The van der Waals surface area contributed by atoms with Gasteiger partial charge in [0.1, 0.15) is 23.3 Å². The number of carboxylic acids is 1. The zero-order valence-corrected chi connectivity index (χ0v) is 26.2. The summed E-state index contributed by atoms with van der Waals surface area (Å²) in [5, 5.41) is 18.9. The molecule has 2 aromatic carbocycles. The second-order valence-corrected chi connectivity index (χ2v) is 13.1. The fourth-order valence-corrected chi connectivity index (χ4v) is 7.75. The van der Waals surface area contributed by atoms with Gasteiger partial charge in [0.25, 0.3) is 0 Å². The van der Waals surface area contributed by atoms with Gasteiger partial charge >= 0.3 is 5.97 Å². The first kappa shape index (κ1) is 29.3. The van der Waals surface area contributed by atoms with E-state index in [1.54, 1.807) is 24.4 Å². The number of halogens is 1. The Morgan fingerprint density at radius 1 is 1.13 bits per heavy atom. The van der Waals surface area contributed by atoms with Crippen molar-refractivity contribution in [2.45, 2.75) is 57.8 Å². The van der Waals surface area contributed by atoms with Crippen molar-refractivity contribution in [2.24, 2.45) is 5.92 Å². The number of nitrogens with zero attached hydrogens (tertiary/aromatic N) is 8. The van der Waals surface area contributed by atoms with Crippen LogP contribution in [0.5, 0.6) is 0 Å². The summed E-state index contributed by atoms with van der Waals surface area (Å²) >= 11 is 0. The Kier molecular flexibility index (Phi) is 7.06. The molecule has 2 atom stereocenters. The molecule has 1 N–H and O–H groups in total. The Labute approximate surface area is 271 Å². The number of benzene rings is 2. The minimum absolute atomic E-state index is 0.0511. The molecule has 2 fully saturated rings. The molecule has 1 aliphatic carbocycles. The third kappa shape index (κ3) is 5.13. The van der Waals surface area contributed by atoms with Gasteiger partial charge in [0, 0.05) is 55.2 Å². The van der Waals surface area contributed by atoms with Gasteiger partial charge in [-0.2, -0.15) is 5.26 Å². The second kappa shape index (κ2) is 11.3. The van der Waals surface area contributed by atoms with E-state index in [4.69, 9.17) is 9.97 Å². The van der Waals surface area contributed by atoms with Crippen molar-refractivity contribution in [1.82, 2.24) is 29.0 Å². The number of hydrogen-bond donors (Lipinski definition) is 1. The van der Waals surface area contributed by atoms with Gasteiger partial charge < -0.3 is 19.1 Å². The lowest BCUT2D eigenvalue weighted by atomic mass is 9.91. The average molecular weight is 631 g/mol. The Morgan fingerprint density at radius 3 is 2.83 bits per heavy atom. The molecule has 0 radical (unpaired) electrons. The Hall–Kier alpha value is -5.08. The predicted octanol–water partition coefficient (Wildman–Crippen LogP) is 5.13. The fourth-order valence-electron chi connectivity index (χ4n) is 7.75. The minimum Gasteiger partial charge on any atom is -0.478 e. The number of pyridine rings is 1. The number of hydrogen-bond acceptors (Lipinski definition) is 7. The molecule has 47 heavy (non-hydrogen) atoms. The van der Waals surface area contributed by atoms with Crippen LogP contribution in [0.4, 0.5) is 10.2 Å². The maximum atomic E-state index is 14.9. The zero-order chi connectivity index (χ0) is 32.3. The normalized spacial score (nSPS) is 20.5. The molecule has 10 nitrogen and oxygen atoms in total. The van der Waals surface area contributed by atoms with Crippen molar-refractivity contribution >= 4 is 22.8 Å². The lowest BCUT2D eigenvalue weighted by molar-refractivity contribution is 0.0697. The standard InChI is InChI=1S/C36H35FN8O2/c1-2-43-13-10-39-33(43)22-45-30-16-25(35(46)47)6-7-29(30)40-34(45)21-42-12-9-36(17-26(36)19-42)31-4-3-5-32(41-31)44-11-8-24-14-23(18-38)15-28(37)27(24)20-44/h3-7,10,13-16,26H,2,8-9,11-12,17,19-22H2,1H3,(H,46,47)/t26?,36-/m1/s1. The molecule has 0 amide bonds. The van der Waals surface area contributed by atoms with Crippen LogP contribution < -0.4 is 4.90 Å². The number of aromatic carboxylic acids is 1. The summed E-state index contributed by atoms with van der Waals surface area (Å²) in [6.07, 6.45) is 6.52. The molecule has 2 aliphatic heterocycles. The monoisotopic (exact) mass is 630 g/mol. The van der Waals surface area contributed by atoms with Crippen molar-refractivity contribution < 1.29 is 14.3 Å². The van der Waals surface area contributed by atoms with E-state index in [1.165, 1.54) is 6.07 Å². The van der Waals surface area contributed by atoms with E-state index in [-0.39, 0.29) is 16.8 Å². The number of fused-ring (bicyclic) bond motifs is 3. The lowest BCUT2D eigenvalue weighted by Crippen LogP contribution is -2.37. The van der Waals surface area contributed by atoms with Crippen LogP contribution in [0.1, 0.15) is 64.2 Å². The number of likely N-dealkylation sites (tertiary alicyclic amines) is 1. The highest BCUT2D eigenvalue weighted by Crippen LogP contribution is 2.59. The van der Waals surface area contributed by atoms with Crippen LogP contribution >= 0.6 is 0 Å². The Morgan fingerprint density at radius 2 is 2.02 bits per heavy atom. The summed E-state index contributed by atoms with van der Waals surface area (Å²) in [7, 11) is 0. The molecule has 5 aromatic rings. The number of carboxylic acid groups (broad SMARTS) is 1. The molecule has 1 saturated heterocycles. The highest BCUT2D eigenvalue weighted by Gasteiger charge is 2.58. The molecule has 1 unspecified atom stereocenters. The average Bonchev–Trinajstić information content (AvgIpc) is 3.49. The molecule has 3 aliphatic rings. The van der Waals surface area contributed by atoms with Crippen LogP contribution in [-0.2, 0) is 38.0 Å². The first-order valence-corrected chi connectivity index (χ1v) is 16.2. The maximum Gasteiger partial charge on any atom is 0.335 e. The molecule has 238 valence electrons. The van der Waals surface area contributed by atoms with Crippen LogP contribution in [0, 0.1) is 23.1 Å². The highest BCUT2D eigenvalue weighted by atomic mass is 19.1. The minimum atomic E-state index is -0.957. The topological polar surface area (TPSA) is 116 Å². The summed E-state index contributed by atoms with van der Waals surface area (Å²) in [6, 6.07) is 16.6. The number of aromatic nitrogens is 5. The van der Waals surface area contributed by atoms with Crippen molar-refractivity contribution in [3.63, 3.8) is 0 Å². The van der Waals surface area contributed by atoms with Crippen LogP contribution in [-0.4, -0.2) is 59.7 Å². The molecule has 3 aromatic heterocycles. The molecule has 5 heterocycles. The van der Waals surface area contributed by atoms with E-state index >= 15 is 0 Å². The van der Waals surface area contributed by atoms with Gasteiger partial charge in [-0.15, -0.1) is 0 Å². The van der Waals surface area contributed by atoms with Gasteiger partial charge in [-0.1, -0.05) is 6.07 Å². The number of piperidine rings is 1. The number of aryl methyl sites for hydroxylation is 1. The van der Waals surface area contributed by atoms with Crippen molar-refractivity contribution in [3.8, 4) is 6.07 Å². The second-order valence-electron chi connectivity index (χ2n) is 13.1. The van der Waals surface area contributed by atoms with Crippen LogP contribution in [0.15, 0.2) is 60.9 Å². The molecule has 0 spiro atoms. The smallest absolute Gasteiger partial charge is 0.335 e. The first-order chi connectivity index (χ1) is 22.8.